The van der Waals surface area contributed by atoms with E-state index >= 15 is 0 Å². The van der Waals surface area contributed by atoms with E-state index in [0.29, 0.717) is 0 Å². The van der Waals surface area contributed by atoms with Gasteiger partial charge in [0.05, 0.1) is 0 Å². The third-order valence-electron chi connectivity index (χ3n) is 0. The van der Waals surface area contributed by atoms with Crippen LogP contribution >= 0.6 is 0 Å². The monoisotopic (exact) mass is 82.1 g/mol. The zero-order valence-corrected chi connectivity index (χ0v) is 5.54. The van der Waals surface area contributed by atoms with Crippen LogP contribution in [0.5, 0.6) is 0 Å². The fourth-order valence-electron chi connectivity index (χ4n) is 0. The average Bonchev–Trinajstić information content (AvgIpc) is 1.50. The topological polar surface area (TPSA) is 0 Å². The Labute approximate surface area is 51.1 Å². The third-order valence-corrected chi connectivity index (χ3v) is 0. The van der Waals surface area contributed by atoms with E-state index in [1.165, 1.54) is 0 Å². The van der Waals surface area contributed by atoms with Crippen molar-refractivity contribution in [2.45, 2.75) is 13.8 Å². The summed E-state index contributed by atoms with van der Waals surface area (Å²) in [6.45, 7) is 10.0. The molecule has 0 amide bonds. The number of hydrogen-bond acceptors (Lipinski definition) is 0. The zero-order valence-electron chi connectivity index (χ0n) is 4.12. The quantitative estimate of drug-likeness (QED) is 0.305. The van der Waals surface area contributed by atoms with Crippen LogP contribution in [0.1, 0.15) is 13.8 Å². The average molecular weight is 82.4 g/mol. The predicted octanol–water partition coefficient (Wildman–Crippen LogP) is 1.30. The predicted molar refractivity (Wildman–Crippen MR) is 27.8 cm³/mol. The maximum Gasteiger partial charge on any atom is 2.00 e. The van der Waals surface area contributed by atoms with Crippen molar-refractivity contribution in [2.75, 3.05) is 0 Å². The van der Waals surface area contributed by atoms with Crippen LogP contribution in [0.4, 0.5) is 0 Å². The summed E-state index contributed by atoms with van der Waals surface area (Å²) in [4.78, 5) is 0. The van der Waals surface area contributed by atoms with Gasteiger partial charge in [-0.25, -0.2) is 0 Å². The van der Waals surface area contributed by atoms with Crippen molar-refractivity contribution < 1.29 is 0 Å². The van der Waals surface area contributed by atoms with E-state index in [-0.39, 0.29) is 23.1 Å². The van der Waals surface area contributed by atoms with Gasteiger partial charge < -0.3 is 13.8 Å². The summed E-state index contributed by atoms with van der Waals surface area (Å²) < 4.78 is 0. The van der Waals surface area contributed by atoms with E-state index < -0.39 is 0 Å². The fourth-order valence-corrected chi connectivity index (χ4v) is 0. The molecule has 0 saturated heterocycles. The van der Waals surface area contributed by atoms with Gasteiger partial charge in [0.25, 0.3) is 0 Å². The molecule has 0 rings (SSSR count). The van der Waals surface area contributed by atoms with Gasteiger partial charge in [-0.05, 0) is 0 Å². The van der Waals surface area contributed by atoms with Crippen LogP contribution in [0.2, 0.25) is 0 Å². The van der Waals surface area contributed by atoms with E-state index in [1.807, 2.05) is 0 Å². The van der Waals surface area contributed by atoms with Crippen molar-refractivity contribution >= 4 is 23.1 Å². The first-order chi connectivity index (χ1) is 2.00. The van der Waals surface area contributed by atoms with E-state index in [2.05, 4.69) is 13.8 Å². The molecule has 0 fully saturated rings. The molecule has 0 aliphatic heterocycles. The maximum absolute atomic E-state index is 3.25. The van der Waals surface area contributed by atoms with E-state index in [4.69, 9.17) is 0 Å². The molecule has 0 nitrogen and oxygen atoms in total. The smallest absolute Gasteiger partial charge is 0.346 e. The minimum Gasteiger partial charge on any atom is -0.346 e. The van der Waals surface area contributed by atoms with Gasteiger partial charge in [-0.2, -0.15) is 13.8 Å². The molecule has 0 aliphatic rings. The minimum atomic E-state index is 0. The fraction of sp³-hybridized carbons (Fsp3) is 0.500. The zero-order chi connectivity index (χ0) is 4.00. The Morgan fingerprint density at radius 3 is 0.800 bits per heavy atom. The molecular weight excluding hydrogens is 72.3 g/mol. The summed E-state index contributed by atoms with van der Waals surface area (Å²) in [5, 5.41) is 0. The molecule has 0 bridgehead atoms. The molecule has 0 aliphatic carbocycles. The van der Waals surface area contributed by atoms with Crippen molar-refractivity contribution in [2.24, 2.45) is 0 Å². The number of rotatable bonds is 0. The van der Waals surface area contributed by atoms with Gasteiger partial charge in [-0.3, -0.25) is 0 Å². The molecule has 5 heavy (non-hydrogen) atoms. The van der Waals surface area contributed by atoms with Crippen LogP contribution in [0.25, 0.3) is 0 Å². The molecule has 0 aromatic carbocycles. The van der Waals surface area contributed by atoms with E-state index in [9.17, 15) is 0 Å². The summed E-state index contributed by atoms with van der Waals surface area (Å²) in [6, 6.07) is 0. The second-order valence-electron chi connectivity index (χ2n) is 0. The third kappa shape index (κ3) is 62.1. The molecule has 0 unspecified atom stereocenters. The van der Waals surface area contributed by atoms with Gasteiger partial charge in [0.1, 0.15) is 0 Å². The van der Waals surface area contributed by atoms with Crippen molar-refractivity contribution in [3.63, 3.8) is 0 Å². The van der Waals surface area contributed by atoms with Gasteiger partial charge in [-0.1, -0.05) is 0 Å². The first-order valence-corrected chi connectivity index (χ1v) is 1.41. The molecule has 1 heteroatoms. The van der Waals surface area contributed by atoms with Crippen LogP contribution in [0, 0.1) is 13.8 Å². The van der Waals surface area contributed by atoms with Crippen molar-refractivity contribution in [1.29, 1.82) is 0 Å². The van der Waals surface area contributed by atoms with Crippen LogP contribution in [0.3, 0.4) is 0 Å². The Bertz CT molecular complexity index is 3.61. The van der Waals surface area contributed by atoms with Crippen molar-refractivity contribution in [3.05, 3.63) is 13.8 Å². The SMILES string of the molecule is [CH2-]C.[CH2-]C.[Mg+2]. The summed E-state index contributed by atoms with van der Waals surface area (Å²) in [7, 11) is 0. The standard InChI is InChI=1S/2C2H5.Mg/c2*1-2;/h2*1H2,2H3;/q2*-1;+2. The molecule has 0 radical (unpaired) electrons. The van der Waals surface area contributed by atoms with Gasteiger partial charge in [0, 0.05) is 0 Å². The molecule has 0 N–H and O–H groups in total. The molecule has 0 heterocycles. The maximum atomic E-state index is 3.25. The first kappa shape index (κ1) is 17.1. The van der Waals surface area contributed by atoms with Gasteiger partial charge in [0.2, 0.25) is 0 Å². The van der Waals surface area contributed by atoms with Gasteiger partial charge in [-0.15, -0.1) is 0 Å². The van der Waals surface area contributed by atoms with E-state index in [1.54, 1.807) is 13.8 Å². The Hall–Kier alpha value is 0.766. The second kappa shape index (κ2) is 115. The molecule has 28 valence electrons. The summed E-state index contributed by atoms with van der Waals surface area (Å²) in [5.74, 6) is 0. The van der Waals surface area contributed by atoms with Crippen LogP contribution in [0.15, 0.2) is 0 Å². The van der Waals surface area contributed by atoms with Crippen LogP contribution in [-0.2, 0) is 0 Å². The molecule has 0 aromatic rings. The largest absolute Gasteiger partial charge is 2.00 e. The number of hydrogen-bond donors (Lipinski definition) is 0. The molecule has 0 atom stereocenters. The summed E-state index contributed by atoms with van der Waals surface area (Å²) >= 11 is 0. The Morgan fingerprint density at radius 2 is 0.800 bits per heavy atom. The Kier molecular flexibility index (Phi) is 394. The molecule has 0 spiro atoms. The Morgan fingerprint density at radius 1 is 0.800 bits per heavy atom. The van der Waals surface area contributed by atoms with Gasteiger partial charge in [0.15, 0.2) is 0 Å². The Balaban J connectivity index is -0.0000000133. The van der Waals surface area contributed by atoms with Crippen molar-refractivity contribution in [3.8, 4) is 0 Å². The summed E-state index contributed by atoms with van der Waals surface area (Å²) in [6.07, 6.45) is 0. The molecule has 0 aromatic heterocycles. The summed E-state index contributed by atoms with van der Waals surface area (Å²) in [5.41, 5.74) is 0. The van der Waals surface area contributed by atoms with E-state index in [0.717, 1.165) is 0 Å². The normalized spacial score (nSPS) is 2.40. The van der Waals surface area contributed by atoms with Crippen LogP contribution < -0.4 is 0 Å². The molecule has 0 saturated carbocycles. The van der Waals surface area contributed by atoms with Gasteiger partial charge >= 0.3 is 23.1 Å². The minimum absolute atomic E-state index is 0. The van der Waals surface area contributed by atoms with Crippen molar-refractivity contribution in [1.82, 2.24) is 0 Å². The first-order valence-electron chi connectivity index (χ1n) is 1.41. The molecular formula is C4H10Mg. The second-order valence-corrected chi connectivity index (χ2v) is 0. The van der Waals surface area contributed by atoms with Crippen LogP contribution in [-0.4, -0.2) is 23.1 Å².